The predicted octanol–water partition coefficient (Wildman–Crippen LogP) is 1.84. The molecule has 2 N–H and O–H groups in total. The van der Waals surface area contributed by atoms with Crippen LogP contribution >= 0.6 is 12.4 Å². The highest BCUT2D eigenvalue weighted by atomic mass is 35.5. The Morgan fingerprint density at radius 2 is 1.97 bits per heavy atom. The minimum absolute atomic E-state index is 0. The molecule has 2 aliphatic rings. The van der Waals surface area contributed by atoms with Crippen LogP contribution in [0.2, 0.25) is 0 Å². The molecule has 3 aromatic rings. The average molecular weight is 477 g/mol. The summed E-state index contributed by atoms with van der Waals surface area (Å²) in [4.78, 5) is 21.8. The van der Waals surface area contributed by atoms with Gasteiger partial charge in [-0.05, 0) is 44.1 Å². The first-order valence-corrected chi connectivity index (χ1v) is 10.9. The maximum atomic E-state index is 13.3. The van der Waals surface area contributed by atoms with Crippen LogP contribution in [-0.4, -0.2) is 64.0 Å². The van der Waals surface area contributed by atoms with E-state index in [1.54, 1.807) is 6.07 Å². The van der Waals surface area contributed by atoms with Crippen molar-refractivity contribution in [3.8, 4) is 11.6 Å². The Bertz CT molecular complexity index is 1170. The Morgan fingerprint density at radius 1 is 1.15 bits per heavy atom. The van der Waals surface area contributed by atoms with E-state index in [4.69, 9.17) is 9.47 Å². The lowest BCUT2D eigenvalue weighted by atomic mass is 10.0. The summed E-state index contributed by atoms with van der Waals surface area (Å²) in [7, 11) is 0. The molecule has 1 aromatic carbocycles. The summed E-state index contributed by atoms with van der Waals surface area (Å²) in [6.07, 6.45) is 2.59. The van der Waals surface area contributed by atoms with Gasteiger partial charge in [-0.1, -0.05) is 0 Å². The Balaban J connectivity index is 0.00000259. The van der Waals surface area contributed by atoms with Crippen molar-refractivity contribution in [3.05, 3.63) is 51.8 Å². The van der Waals surface area contributed by atoms with E-state index in [-0.39, 0.29) is 23.8 Å². The highest BCUT2D eigenvalue weighted by Gasteiger charge is 2.20. The van der Waals surface area contributed by atoms with E-state index >= 15 is 0 Å². The fourth-order valence-electron chi connectivity index (χ4n) is 4.12. The number of hydrogen-bond acceptors (Lipinski definition) is 8. The number of benzene rings is 1. The number of H-pyrrole nitrogens is 1. The van der Waals surface area contributed by atoms with Crippen LogP contribution in [0, 0.1) is 5.82 Å². The Morgan fingerprint density at radius 3 is 2.82 bits per heavy atom. The molecule has 5 rings (SSSR count). The standard InChI is InChI=1S/C22H25FN6O3.ClH/c23-14-1-2-17-19(11-14)26-21(30)18(25-17)5-8-29-6-3-15(4-7-29)24-13-16-12-20-22(28-27-16)32-10-9-31-20;/h1-2,11-12,15,24H,3-10,13H2,(H,26,30);1H. The minimum Gasteiger partial charge on any atom is -0.484 e. The number of aromatic nitrogens is 4. The van der Waals surface area contributed by atoms with Crippen LogP contribution < -0.4 is 20.3 Å². The molecule has 0 saturated carbocycles. The zero-order valence-corrected chi connectivity index (χ0v) is 18.9. The molecule has 0 unspecified atom stereocenters. The molecule has 9 nitrogen and oxygen atoms in total. The number of fused-ring (bicyclic) bond motifs is 2. The van der Waals surface area contributed by atoms with Gasteiger partial charge in [-0.25, -0.2) is 9.37 Å². The molecule has 0 spiro atoms. The van der Waals surface area contributed by atoms with Crippen molar-refractivity contribution < 1.29 is 13.9 Å². The third kappa shape index (κ3) is 5.58. The van der Waals surface area contributed by atoms with Crippen molar-refractivity contribution in [3.63, 3.8) is 0 Å². The molecule has 0 bridgehead atoms. The van der Waals surface area contributed by atoms with Gasteiger partial charge in [-0.3, -0.25) is 4.79 Å². The largest absolute Gasteiger partial charge is 0.484 e. The van der Waals surface area contributed by atoms with Crippen LogP contribution in [0.25, 0.3) is 11.0 Å². The second-order valence-electron chi connectivity index (χ2n) is 8.12. The van der Waals surface area contributed by atoms with Gasteiger partial charge in [0, 0.05) is 31.6 Å². The zero-order valence-electron chi connectivity index (χ0n) is 18.1. The van der Waals surface area contributed by atoms with E-state index in [0.29, 0.717) is 60.6 Å². The maximum absolute atomic E-state index is 13.3. The molecule has 0 aliphatic carbocycles. The number of nitrogens with one attached hydrogen (secondary N) is 2. The van der Waals surface area contributed by atoms with Gasteiger partial charge in [0.1, 0.15) is 24.7 Å². The second-order valence-corrected chi connectivity index (χ2v) is 8.12. The number of likely N-dealkylation sites (tertiary alicyclic amines) is 1. The lowest BCUT2D eigenvalue weighted by Gasteiger charge is -2.32. The van der Waals surface area contributed by atoms with Crippen molar-refractivity contribution >= 4 is 23.4 Å². The molecule has 11 heteroatoms. The van der Waals surface area contributed by atoms with Crippen LogP contribution in [0.1, 0.15) is 24.2 Å². The number of halogens is 2. The molecular formula is C22H26ClFN6O3. The van der Waals surface area contributed by atoms with Gasteiger partial charge in [0.2, 0.25) is 0 Å². The molecule has 2 aliphatic heterocycles. The number of ether oxygens (including phenoxy) is 2. The van der Waals surface area contributed by atoms with Gasteiger partial charge in [-0.2, -0.15) is 5.10 Å². The van der Waals surface area contributed by atoms with Crippen LogP contribution in [0.3, 0.4) is 0 Å². The second kappa shape index (κ2) is 10.4. The van der Waals surface area contributed by atoms with Crippen molar-refractivity contribution in [2.45, 2.75) is 31.8 Å². The number of rotatable bonds is 6. The normalized spacial score (nSPS) is 16.5. The third-order valence-electron chi connectivity index (χ3n) is 5.91. The SMILES string of the molecule is Cl.O=c1[nH]c2cc(F)ccc2nc1CCN1CCC(NCc2cc3c(nn2)OCCO3)CC1. The van der Waals surface area contributed by atoms with Gasteiger partial charge in [0.15, 0.2) is 5.75 Å². The average Bonchev–Trinajstić information content (AvgIpc) is 2.82. The van der Waals surface area contributed by atoms with Gasteiger partial charge < -0.3 is 24.7 Å². The summed E-state index contributed by atoms with van der Waals surface area (Å²) < 4.78 is 24.3. The topological polar surface area (TPSA) is 105 Å². The molecule has 176 valence electrons. The highest BCUT2D eigenvalue weighted by Crippen LogP contribution is 2.26. The molecule has 0 atom stereocenters. The van der Waals surface area contributed by atoms with Crippen molar-refractivity contribution in [2.75, 3.05) is 32.8 Å². The van der Waals surface area contributed by atoms with Gasteiger partial charge in [-0.15, -0.1) is 17.5 Å². The van der Waals surface area contributed by atoms with E-state index in [2.05, 4.69) is 30.4 Å². The van der Waals surface area contributed by atoms with Gasteiger partial charge >= 0.3 is 0 Å². The first kappa shape index (κ1) is 23.3. The summed E-state index contributed by atoms with van der Waals surface area (Å²) in [6.45, 7) is 4.32. The predicted molar refractivity (Wildman–Crippen MR) is 123 cm³/mol. The molecule has 0 radical (unpaired) electrons. The van der Waals surface area contributed by atoms with Gasteiger partial charge in [0.05, 0.1) is 16.7 Å². The first-order chi connectivity index (χ1) is 15.6. The van der Waals surface area contributed by atoms with E-state index in [1.807, 2.05) is 6.07 Å². The summed E-state index contributed by atoms with van der Waals surface area (Å²) in [6, 6.07) is 6.52. The number of aromatic amines is 1. The summed E-state index contributed by atoms with van der Waals surface area (Å²) in [5, 5.41) is 11.8. The lowest BCUT2D eigenvalue weighted by molar-refractivity contribution is 0.161. The van der Waals surface area contributed by atoms with E-state index < -0.39 is 0 Å². The van der Waals surface area contributed by atoms with E-state index in [1.165, 1.54) is 12.1 Å². The van der Waals surface area contributed by atoms with E-state index in [9.17, 15) is 9.18 Å². The van der Waals surface area contributed by atoms with Crippen LogP contribution in [0.15, 0.2) is 29.1 Å². The fourth-order valence-corrected chi connectivity index (χ4v) is 4.12. The summed E-state index contributed by atoms with van der Waals surface area (Å²) >= 11 is 0. The Hall–Kier alpha value is -2.82. The number of hydrogen-bond donors (Lipinski definition) is 2. The minimum atomic E-state index is -0.389. The van der Waals surface area contributed by atoms with Gasteiger partial charge in [0.25, 0.3) is 11.4 Å². The van der Waals surface area contributed by atoms with Crippen LogP contribution in [0.4, 0.5) is 4.39 Å². The summed E-state index contributed by atoms with van der Waals surface area (Å²) in [5.74, 6) is 0.723. The molecule has 0 amide bonds. The quantitative estimate of drug-likeness (QED) is 0.555. The molecule has 1 fully saturated rings. The molecular weight excluding hydrogens is 451 g/mol. The van der Waals surface area contributed by atoms with Crippen LogP contribution in [-0.2, 0) is 13.0 Å². The van der Waals surface area contributed by atoms with E-state index in [0.717, 1.165) is 38.2 Å². The highest BCUT2D eigenvalue weighted by molar-refractivity contribution is 5.85. The van der Waals surface area contributed by atoms with Crippen molar-refractivity contribution in [2.24, 2.45) is 0 Å². The first-order valence-electron chi connectivity index (χ1n) is 10.9. The number of nitrogens with zero attached hydrogens (tertiary/aromatic N) is 4. The van der Waals surface area contributed by atoms with Crippen LogP contribution in [0.5, 0.6) is 11.6 Å². The van der Waals surface area contributed by atoms with Crippen molar-refractivity contribution in [1.82, 2.24) is 30.4 Å². The smallest absolute Gasteiger partial charge is 0.276 e. The Kier molecular flexibility index (Phi) is 7.36. The number of piperidine rings is 1. The zero-order chi connectivity index (χ0) is 21.9. The monoisotopic (exact) mass is 476 g/mol. The summed E-state index contributed by atoms with van der Waals surface area (Å²) in [5.41, 5.74) is 2.10. The molecule has 4 heterocycles. The fraction of sp³-hybridized carbons (Fsp3) is 0.455. The molecule has 1 saturated heterocycles. The molecule has 33 heavy (non-hydrogen) atoms. The lowest BCUT2D eigenvalue weighted by Crippen LogP contribution is -2.43. The molecule has 2 aromatic heterocycles. The Labute approximate surface area is 196 Å². The maximum Gasteiger partial charge on any atom is 0.276 e. The third-order valence-corrected chi connectivity index (χ3v) is 5.91. The van der Waals surface area contributed by atoms with Crippen molar-refractivity contribution in [1.29, 1.82) is 0 Å².